The largest absolute Gasteiger partial charge is 0.337 e. The lowest BCUT2D eigenvalue weighted by molar-refractivity contribution is 0.347. The summed E-state index contributed by atoms with van der Waals surface area (Å²) >= 11 is 0. The Hall–Kier alpha value is -1.68. The average molecular weight is 217 g/mol. The van der Waals surface area contributed by atoms with Gasteiger partial charge in [0.2, 0.25) is 11.7 Å². The van der Waals surface area contributed by atoms with Gasteiger partial charge < -0.3 is 9.84 Å². The van der Waals surface area contributed by atoms with Crippen LogP contribution in [0.4, 0.5) is 0 Å². The van der Waals surface area contributed by atoms with Crippen molar-refractivity contribution in [2.75, 3.05) is 7.05 Å². The number of benzene rings is 1. The highest BCUT2D eigenvalue weighted by Gasteiger charge is 2.13. The summed E-state index contributed by atoms with van der Waals surface area (Å²) in [4.78, 5) is 4.35. The summed E-state index contributed by atoms with van der Waals surface area (Å²) in [7, 11) is 1.86. The Morgan fingerprint density at radius 3 is 2.88 bits per heavy atom. The smallest absolute Gasteiger partial charge is 0.243 e. The molecule has 0 aliphatic heterocycles. The van der Waals surface area contributed by atoms with E-state index in [9.17, 15) is 0 Å². The number of hydrogen-bond donors (Lipinski definition) is 1. The second-order valence-corrected chi connectivity index (χ2v) is 3.84. The second-order valence-electron chi connectivity index (χ2n) is 3.84. The molecular formula is C12H15N3O. The van der Waals surface area contributed by atoms with Crippen LogP contribution in [0.2, 0.25) is 0 Å². The van der Waals surface area contributed by atoms with E-state index in [0.717, 1.165) is 5.56 Å². The SMILES string of the molecule is CNC(C)c1nc(-c2cccc(C)c2)no1. The van der Waals surface area contributed by atoms with Gasteiger partial charge in [0.15, 0.2) is 0 Å². The molecule has 0 bridgehead atoms. The fourth-order valence-corrected chi connectivity index (χ4v) is 1.44. The van der Waals surface area contributed by atoms with E-state index in [1.54, 1.807) is 0 Å². The van der Waals surface area contributed by atoms with Gasteiger partial charge in [-0.25, -0.2) is 0 Å². The standard InChI is InChI=1S/C12H15N3O/c1-8-5-4-6-10(7-8)11-14-12(16-15-11)9(2)13-3/h4-7,9,13H,1-3H3. The Balaban J connectivity index is 2.31. The van der Waals surface area contributed by atoms with Crippen molar-refractivity contribution in [3.05, 3.63) is 35.7 Å². The van der Waals surface area contributed by atoms with Gasteiger partial charge in [0.1, 0.15) is 0 Å². The highest BCUT2D eigenvalue weighted by molar-refractivity contribution is 5.55. The molecule has 2 aromatic rings. The number of aryl methyl sites for hydroxylation is 1. The normalized spacial score (nSPS) is 12.7. The van der Waals surface area contributed by atoms with Crippen molar-refractivity contribution >= 4 is 0 Å². The molecule has 1 aromatic heterocycles. The number of aromatic nitrogens is 2. The van der Waals surface area contributed by atoms with Crippen LogP contribution in [0.15, 0.2) is 28.8 Å². The third kappa shape index (κ3) is 2.12. The third-order valence-corrected chi connectivity index (χ3v) is 2.52. The van der Waals surface area contributed by atoms with Gasteiger partial charge >= 0.3 is 0 Å². The van der Waals surface area contributed by atoms with Gasteiger partial charge in [-0.3, -0.25) is 0 Å². The lowest BCUT2D eigenvalue weighted by Gasteiger charge is -2.01. The number of hydrogen-bond acceptors (Lipinski definition) is 4. The predicted octanol–water partition coefficient (Wildman–Crippen LogP) is 2.33. The molecule has 4 heteroatoms. The highest BCUT2D eigenvalue weighted by atomic mass is 16.5. The Labute approximate surface area is 94.7 Å². The Kier molecular flexibility index (Phi) is 3.01. The molecule has 0 fully saturated rings. The fourth-order valence-electron chi connectivity index (χ4n) is 1.44. The predicted molar refractivity (Wildman–Crippen MR) is 61.9 cm³/mol. The zero-order valence-electron chi connectivity index (χ0n) is 9.69. The van der Waals surface area contributed by atoms with E-state index in [0.29, 0.717) is 11.7 Å². The molecule has 0 aliphatic rings. The van der Waals surface area contributed by atoms with E-state index in [4.69, 9.17) is 4.52 Å². The van der Waals surface area contributed by atoms with E-state index < -0.39 is 0 Å². The van der Waals surface area contributed by atoms with Gasteiger partial charge in [0.25, 0.3) is 0 Å². The molecule has 2 rings (SSSR count). The molecule has 1 heterocycles. The average Bonchev–Trinajstić information content (AvgIpc) is 2.77. The number of nitrogens with zero attached hydrogens (tertiary/aromatic N) is 2. The third-order valence-electron chi connectivity index (χ3n) is 2.52. The summed E-state index contributed by atoms with van der Waals surface area (Å²) in [5.41, 5.74) is 2.17. The monoisotopic (exact) mass is 217 g/mol. The second kappa shape index (κ2) is 4.45. The quantitative estimate of drug-likeness (QED) is 0.857. The molecule has 0 radical (unpaired) electrons. The molecule has 84 valence electrons. The van der Waals surface area contributed by atoms with Gasteiger partial charge in [0.05, 0.1) is 6.04 Å². The van der Waals surface area contributed by atoms with Crippen LogP contribution < -0.4 is 5.32 Å². The first-order valence-electron chi connectivity index (χ1n) is 5.28. The van der Waals surface area contributed by atoms with E-state index in [1.165, 1.54) is 5.56 Å². The molecule has 16 heavy (non-hydrogen) atoms. The Bertz CT molecular complexity index is 479. The molecule has 1 unspecified atom stereocenters. The van der Waals surface area contributed by atoms with Crippen LogP contribution in [-0.2, 0) is 0 Å². The van der Waals surface area contributed by atoms with Gasteiger partial charge in [-0.1, -0.05) is 28.9 Å². The van der Waals surface area contributed by atoms with Gasteiger partial charge in [0, 0.05) is 5.56 Å². The lowest BCUT2D eigenvalue weighted by atomic mass is 10.1. The maximum atomic E-state index is 5.19. The Morgan fingerprint density at radius 1 is 1.38 bits per heavy atom. The van der Waals surface area contributed by atoms with Crippen molar-refractivity contribution in [2.24, 2.45) is 0 Å². The molecule has 1 aromatic carbocycles. The molecule has 0 saturated heterocycles. The molecule has 1 atom stereocenters. The first-order chi connectivity index (χ1) is 7.70. The fraction of sp³-hybridized carbons (Fsp3) is 0.333. The molecular weight excluding hydrogens is 202 g/mol. The molecule has 0 spiro atoms. The summed E-state index contributed by atoms with van der Waals surface area (Å²) in [6.07, 6.45) is 0. The maximum absolute atomic E-state index is 5.19. The zero-order chi connectivity index (χ0) is 11.5. The van der Waals surface area contributed by atoms with E-state index in [1.807, 2.05) is 45.2 Å². The van der Waals surface area contributed by atoms with Crippen LogP contribution in [0.5, 0.6) is 0 Å². The molecule has 0 amide bonds. The van der Waals surface area contributed by atoms with Crippen molar-refractivity contribution in [3.63, 3.8) is 0 Å². The highest BCUT2D eigenvalue weighted by Crippen LogP contribution is 2.19. The van der Waals surface area contributed by atoms with Crippen molar-refractivity contribution in [1.82, 2.24) is 15.5 Å². The first kappa shape index (κ1) is 10.8. The summed E-state index contributed by atoms with van der Waals surface area (Å²) in [6, 6.07) is 8.12. The van der Waals surface area contributed by atoms with Crippen LogP contribution in [-0.4, -0.2) is 17.2 Å². The van der Waals surface area contributed by atoms with Crippen LogP contribution >= 0.6 is 0 Å². The van der Waals surface area contributed by atoms with E-state index in [2.05, 4.69) is 15.5 Å². The van der Waals surface area contributed by atoms with Crippen molar-refractivity contribution < 1.29 is 4.52 Å². The first-order valence-corrected chi connectivity index (χ1v) is 5.28. The zero-order valence-corrected chi connectivity index (χ0v) is 9.69. The molecule has 0 saturated carbocycles. The minimum Gasteiger partial charge on any atom is -0.337 e. The topological polar surface area (TPSA) is 51.0 Å². The van der Waals surface area contributed by atoms with Crippen molar-refractivity contribution in [1.29, 1.82) is 0 Å². The summed E-state index contributed by atoms with van der Waals surface area (Å²) in [5, 5.41) is 7.03. The number of nitrogens with one attached hydrogen (secondary N) is 1. The minimum absolute atomic E-state index is 0.0751. The molecule has 1 N–H and O–H groups in total. The van der Waals surface area contributed by atoms with Crippen LogP contribution in [0, 0.1) is 6.92 Å². The summed E-state index contributed by atoms with van der Waals surface area (Å²) < 4.78 is 5.19. The van der Waals surface area contributed by atoms with Crippen molar-refractivity contribution in [3.8, 4) is 11.4 Å². The van der Waals surface area contributed by atoms with Crippen molar-refractivity contribution in [2.45, 2.75) is 19.9 Å². The van der Waals surface area contributed by atoms with Gasteiger partial charge in [-0.15, -0.1) is 0 Å². The van der Waals surface area contributed by atoms with Crippen LogP contribution in [0.1, 0.15) is 24.4 Å². The summed E-state index contributed by atoms with van der Waals surface area (Å²) in [6.45, 7) is 4.02. The van der Waals surface area contributed by atoms with Gasteiger partial charge in [-0.2, -0.15) is 4.98 Å². The minimum atomic E-state index is 0.0751. The van der Waals surface area contributed by atoms with Crippen LogP contribution in [0.3, 0.4) is 0 Å². The van der Waals surface area contributed by atoms with E-state index >= 15 is 0 Å². The number of rotatable bonds is 3. The summed E-state index contributed by atoms with van der Waals surface area (Å²) in [5.74, 6) is 1.25. The lowest BCUT2D eigenvalue weighted by Crippen LogP contribution is -2.12. The van der Waals surface area contributed by atoms with Crippen LogP contribution in [0.25, 0.3) is 11.4 Å². The molecule has 0 aliphatic carbocycles. The molecule has 4 nitrogen and oxygen atoms in total. The Morgan fingerprint density at radius 2 is 2.19 bits per heavy atom. The van der Waals surface area contributed by atoms with E-state index in [-0.39, 0.29) is 6.04 Å². The maximum Gasteiger partial charge on any atom is 0.243 e. The van der Waals surface area contributed by atoms with Gasteiger partial charge in [-0.05, 0) is 27.0 Å².